The first-order valence-corrected chi connectivity index (χ1v) is 7.24. The first kappa shape index (κ1) is 14.3. The van der Waals surface area contributed by atoms with E-state index >= 15 is 0 Å². The van der Waals surface area contributed by atoms with Gasteiger partial charge in [-0.3, -0.25) is 4.79 Å². The van der Waals surface area contributed by atoms with Crippen molar-refractivity contribution >= 4 is 11.8 Å². The molecule has 1 aliphatic rings. The number of ether oxygens (including phenoxy) is 1. The molecule has 4 heteroatoms. The Balaban J connectivity index is 1.64. The zero-order valence-corrected chi connectivity index (χ0v) is 12.0. The van der Waals surface area contributed by atoms with Crippen LogP contribution in [-0.2, 0) is 17.6 Å². The molecule has 2 aromatic carbocycles. The van der Waals surface area contributed by atoms with Crippen LogP contribution in [0.25, 0.3) is 0 Å². The number of phenols is 1. The highest BCUT2D eigenvalue weighted by Gasteiger charge is 2.16. The van der Waals surface area contributed by atoms with Gasteiger partial charge in [-0.15, -0.1) is 0 Å². The molecule has 2 aromatic rings. The molecule has 0 fully saturated rings. The average molecular weight is 296 g/mol. The SMILES string of the molecule is O=C(COC(=O)c1cccc(O)c1)c1ccc2c(c1)CCC2. The van der Waals surface area contributed by atoms with Gasteiger partial charge in [0.15, 0.2) is 12.4 Å². The number of ketones is 1. The third-order valence-electron chi connectivity index (χ3n) is 3.84. The standard InChI is InChI=1S/C18H16O4/c19-16-6-2-5-15(10-16)18(21)22-11-17(20)14-8-7-12-3-1-4-13(12)9-14/h2,5-10,19H,1,3-4,11H2. The second-order valence-electron chi connectivity index (χ2n) is 5.39. The van der Waals surface area contributed by atoms with E-state index in [-0.39, 0.29) is 23.7 Å². The summed E-state index contributed by atoms with van der Waals surface area (Å²) in [6, 6.07) is 11.5. The number of hydrogen-bond acceptors (Lipinski definition) is 4. The van der Waals surface area contributed by atoms with E-state index in [0.717, 1.165) is 19.3 Å². The number of esters is 1. The fourth-order valence-electron chi connectivity index (χ4n) is 2.68. The van der Waals surface area contributed by atoms with Gasteiger partial charge in [0, 0.05) is 5.56 Å². The zero-order valence-electron chi connectivity index (χ0n) is 12.0. The smallest absolute Gasteiger partial charge is 0.338 e. The molecule has 3 rings (SSSR count). The van der Waals surface area contributed by atoms with Gasteiger partial charge >= 0.3 is 5.97 Å². The molecule has 0 aromatic heterocycles. The van der Waals surface area contributed by atoms with E-state index in [1.54, 1.807) is 12.1 Å². The van der Waals surface area contributed by atoms with Crippen LogP contribution in [-0.4, -0.2) is 23.5 Å². The molecule has 0 atom stereocenters. The average Bonchev–Trinajstić information content (AvgIpc) is 2.99. The largest absolute Gasteiger partial charge is 0.508 e. The summed E-state index contributed by atoms with van der Waals surface area (Å²) >= 11 is 0. The Kier molecular flexibility index (Phi) is 3.92. The molecule has 0 amide bonds. The van der Waals surface area contributed by atoms with Gasteiger partial charge in [-0.05, 0) is 54.7 Å². The summed E-state index contributed by atoms with van der Waals surface area (Å²) in [4.78, 5) is 24.0. The lowest BCUT2D eigenvalue weighted by molar-refractivity contribution is 0.0474. The van der Waals surface area contributed by atoms with E-state index in [4.69, 9.17) is 4.74 Å². The number of carbonyl (C=O) groups is 2. The molecular formula is C18H16O4. The highest BCUT2D eigenvalue weighted by atomic mass is 16.5. The molecule has 1 aliphatic carbocycles. The third kappa shape index (κ3) is 3.01. The van der Waals surface area contributed by atoms with Crippen LogP contribution in [0, 0.1) is 0 Å². The van der Waals surface area contributed by atoms with Gasteiger partial charge < -0.3 is 9.84 Å². The molecule has 0 saturated carbocycles. The Hall–Kier alpha value is -2.62. The van der Waals surface area contributed by atoms with Gasteiger partial charge in [0.25, 0.3) is 0 Å². The molecule has 0 spiro atoms. The summed E-state index contributed by atoms with van der Waals surface area (Å²) in [6.07, 6.45) is 3.19. The normalized spacial score (nSPS) is 12.7. The van der Waals surface area contributed by atoms with Gasteiger partial charge in [-0.25, -0.2) is 4.79 Å². The van der Waals surface area contributed by atoms with Crippen LogP contribution >= 0.6 is 0 Å². The van der Waals surface area contributed by atoms with E-state index < -0.39 is 5.97 Å². The summed E-state index contributed by atoms with van der Waals surface area (Å²) in [6.45, 7) is -0.298. The van der Waals surface area contributed by atoms with Crippen molar-refractivity contribution in [2.24, 2.45) is 0 Å². The number of hydrogen-bond donors (Lipinski definition) is 1. The second kappa shape index (κ2) is 6.02. The van der Waals surface area contributed by atoms with Crippen molar-refractivity contribution in [1.82, 2.24) is 0 Å². The van der Waals surface area contributed by atoms with Crippen molar-refractivity contribution in [3.8, 4) is 5.75 Å². The molecule has 0 saturated heterocycles. The molecule has 22 heavy (non-hydrogen) atoms. The highest BCUT2D eigenvalue weighted by molar-refractivity contribution is 5.99. The zero-order chi connectivity index (χ0) is 15.5. The Bertz CT molecular complexity index is 734. The van der Waals surface area contributed by atoms with E-state index in [1.807, 2.05) is 12.1 Å². The molecule has 0 heterocycles. The number of carbonyl (C=O) groups excluding carboxylic acids is 2. The number of rotatable bonds is 4. The van der Waals surface area contributed by atoms with Gasteiger partial charge in [-0.2, -0.15) is 0 Å². The van der Waals surface area contributed by atoms with E-state index in [9.17, 15) is 14.7 Å². The van der Waals surface area contributed by atoms with Crippen LogP contribution in [0.2, 0.25) is 0 Å². The fraction of sp³-hybridized carbons (Fsp3) is 0.222. The minimum atomic E-state index is -0.620. The van der Waals surface area contributed by atoms with Crippen LogP contribution in [0.5, 0.6) is 5.75 Å². The monoisotopic (exact) mass is 296 g/mol. The molecule has 0 bridgehead atoms. The van der Waals surface area contributed by atoms with Gasteiger partial charge in [0.1, 0.15) is 5.75 Å². The quantitative estimate of drug-likeness (QED) is 0.696. The first-order valence-electron chi connectivity index (χ1n) is 7.24. The van der Waals surface area contributed by atoms with Crippen LogP contribution in [0.4, 0.5) is 0 Å². The number of Topliss-reactive ketones (excluding diaryl/α,β-unsaturated/α-hetero) is 1. The minimum Gasteiger partial charge on any atom is -0.508 e. The number of aromatic hydroxyl groups is 1. The van der Waals surface area contributed by atoms with E-state index in [1.165, 1.54) is 29.3 Å². The molecule has 0 aliphatic heterocycles. The molecule has 1 N–H and O–H groups in total. The Labute approximate surface area is 128 Å². The molecular weight excluding hydrogens is 280 g/mol. The Morgan fingerprint density at radius 1 is 1.00 bits per heavy atom. The number of fused-ring (bicyclic) bond motifs is 1. The molecule has 0 radical (unpaired) electrons. The van der Waals surface area contributed by atoms with Crippen LogP contribution in [0.3, 0.4) is 0 Å². The number of phenolic OH excluding ortho intramolecular Hbond substituents is 1. The van der Waals surface area contributed by atoms with E-state index in [2.05, 4.69) is 0 Å². The predicted octanol–water partition coefficient (Wildman–Crippen LogP) is 2.92. The molecule has 4 nitrogen and oxygen atoms in total. The van der Waals surface area contributed by atoms with Gasteiger partial charge in [-0.1, -0.05) is 18.2 Å². The number of aryl methyl sites for hydroxylation is 2. The lowest BCUT2D eigenvalue weighted by atomic mass is 10.0. The molecule has 112 valence electrons. The summed E-state index contributed by atoms with van der Waals surface area (Å²) in [5.41, 5.74) is 3.31. The van der Waals surface area contributed by atoms with Crippen LogP contribution < -0.4 is 0 Å². The summed E-state index contributed by atoms with van der Waals surface area (Å²) in [5, 5.41) is 9.33. The van der Waals surface area contributed by atoms with Crippen molar-refractivity contribution in [1.29, 1.82) is 0 Å². The summed E-state index contributed by atoms with van der Waals surface area (Å²) < 4.78 is 5.02. The maximum Gasteiger partial charge on any atom is 0.338 e. The van der Waals surface area contributed by atoms with Crippen molar-refractivity contribution in [2.75, 3.05) is 6.61 Å². The van der Waals surface area contributed by atoms with Crippen molar-refractivity contribution in [3.63, 3.8) is 0 Å². The van der Waals surface area contributed by atoms with Gasteiger partial charge in [0.05, 0.1) is 5.56 Å². The summed E-state index contributed by atoms with van der Waals surface area (Å²) in [7, 11) is 0. The first-order chi connectivity index (χ1) is 10.6. The third-order valence-corrected chi connectivity index (χ3v) is 3.84. The van der Waals surface area contributed by atoms with Crippen molar-refractivity contribution < 1.29 is 19.4 Å². The maximum atomic E-state index is 12.1. The fourth-order valence-corrected chi connectivity index (χ4v) is 2.68. The number of benzene rings is 2. The minimum absolute atomic E-state index is 0.0144. The van der Waals surface area contributed by atoms with Crippen molar-refractivity contribution in [2.45, 2.75) is 19.3 Å². The lowest BCUT2D eigenvalue weighted by Crippen LogP contribution is -2.14. The highest BCUT2D eigenvalue weighted by Crippen LogP contribution is 2.23. The topological polar surface area (TPSA) is 63.6 Å². The van der Waals surface area contributed by atoms with Crippen LogP contribution in [0.15, 0.2) is 42.5 Å². The summed E-state index contributed by atoms with van der Waals surface area (Å²) in [5.74, 6) is -0.854. The second-order valence-corrected chi connectivity index (χ2v) is 5.39. The Morgan fingerprint density at radius 2 is 1.82 bits per heavy atom. The lowest BCUT2D eigenvalue weighted by Gasteiger charge is -2.06. The predicted molar refractivity (Wildman–Crippen MR) is 81.2 cm³/mol. The van der Waals surface area contributed by atoms with Crippen molar-refractivity contribution in [3.05, 3.63) is 64.7 Å². The maximum absolute atomic E-state index is 12.1. The Morgan fingerprint density at radius 3 is 2.64 bits per heavy atom. The van der Waals surface area contributed by atoms with Crippen LogP contribution in [0.1, 0.15) is 38.3 Å². The molecule has 0 unspecified atom stereocenters. The van der Waals surface area contributed by atoms with E-state index in [0.29, 0.717) is 5.56 Å². The van der Waals surface area contributed by atoms with Gasteiger partial charge in [0.2, 0.25) is 0 Å².